The van der Waals surface area contributed by atoms with E-state index in [4.69, 9.17) is 4.74 Å². The van der Waals surface area contributed by atoms with Crippen molar-refractivity contribution in [1.82, 2.24) is 19.1 Å². The number of aromatic nitrogens is 3. The van der Waals surface area contributed by atoms with Crippen molar-refractivity contribution >= 4 is 31.8 Å². The van der Waals surface area contributed by atoms with Crippen LogP contribution in [0.15, 0.2) is 64.2 Å². The van der Waals surface area contributed by atoms with Crippen molar-refractivity contribution in [2.75, 3.05) is 37.7 Å². The van der Waals surface area contributed by atoms with Gasteiger partial charge in [-0.2, -0.15) is 4.31 Å². The van der Waals surface area contributed by atoms with E-state index in [1.54, 1.807) is 18.2 Å². The lowest BCUT2D eigenvalue weighted by molar-refractivity contribution is 0.327. The SMILES string of the molecule is CCOc1ccc(Br)cc1S(=O)(=O)N1CCN(c2ccc(-n3cccc3)nn2)CC1. The molecule has 4 rings (SSSR count). The summed E-state index contributed by atoms with van der Waals surface area (Å²) in [5, 5.41) is 8.59. The van der Waals surface area contributed by atoms with Crippen molar-refractivity contribution in [1.29, 1.82) is 0 Å². The quantitative estimate of drug-likeness (QED) is 0.527. The van der Waals surface area contributed by atoms with Crippen molar-refractivity contribution in [2.45, 2.75) is 11.8 Å². The Bertz CT molecular complexity index is 1100. The number of rotatable bonds is 6. The molecular formula is C20H22BrN5O3S. The van der Waals surface area contributed by atoms with E-state index < -0.39 is 10.0 Å². The summed E-state index contributed by atoms with van der Waals surface area (Å²) in [7, 11) is -3.67. The van der Waals surface area contributed by atoms with Crippen LogP contribution in [0.2, 0.25) is 0 Å². The number of halogens is 1. The maximum absolute atomic E-state index is 13.2. The van der Waals surface area contributed by atoms with Gasteiger partial charge in [0, 0.05) is 43.0 Å². The number of hydrogen-bond donors (Lipinski definition) is 0. The van der Waals surface area contributed by atoms with E-state index in [2.05, 4.69) is 26.1 Å². The fourth-order valence-corrected chi connectivity index (χ4v) is 5.46. The van der Waals surface area contributed by atoms with Crippen molar-refractivity contribution in [3.8, 4) is 11.6 Å². The van der Waals surface area contributed by atoms with Crippen LogP contribution in [0.4, 0.5) is 5.82 Å². The minimum Gasteiger partial charge on any atom is -0.492 e. The van der Waals surface area contributed by atoms with Crippen LogP contribution in [0, 0.1) is 0 Å². The van der Waals surface area contributed by atoms with Gasteiger partial charge in [-0.15, -0.1) is 10.2 Å². The summed E-state index contributed by atoms with van der Waals surface area (Å²) in [4.78, 5) is 2.23. The molecular weight excluding hydrogens is 470 g/mol. The van der Waals surface area contributed by atoms with Crippen LogP contribution < -0.4 is 9.64 Å². The third-order valence-electron chi connectivity index (χ3n) is 4.89. The minimum atomic E-state index is -3.67. The Labute approximate surface area is 184 Å². The van der Waals surface area contributed by atoms with Gasteiger partial charge in [0.25, 0.3) is 0 Å². The Morgan fingerprint density at radius 2 is 1.67 bits per heavy atom. The Balaban J connectivity index is 1.47. The van der Waals surface area contributed by atoms with Crippen molar-refractivity contribution < 1.29 is 13.2 Å². The van der Waals surface area contributed by atoms with E-state index in [0.29, 0.717) is 43.0 Å². The lowest BCUT2D eigenvalue weighted by Gasteiger charge is -2.34. The molecule has 0 unspecified atom stereocenters. The molecule has 0 radical (unpaired) electrons. The normalized spacial score (nSPS) is 15.3. The summed E-state index contributed by atoms with van der Waals surface area (Å²) in [5.41, 5.74) is 0. The number of nitrogens with zero attached hydrogens (tertiary/aromatic N) is 5. The predicted octanol–water partition coefficient (Wildman–Crippen LogP) is 2.94. The number of hydrogen-bond acceptors (Lipinski definition) is 6. The number of sulfonamides is 1. The van der Waals surface area contributed by atoms with E-state index in [0.717, 1.165) is 11.6 Å². The molecule has 3 aromatic rings. The van der Waals surface area contributed by atoms with Crippen LogP contribution in [0.5, 0.6) is 5.75 Å². The lowest BCUT2D eigenvalue weighted by Crippen LogP contribution is -2.49. The second-order valence-corrected chi connectivity index (χ2v) is 9.58. The molecule has 0 saturated carbocycles. The lowest BCUT2D eigenvalue weighted by atomic mass is 10.3. The fourth-order valence-electron chi connectivity index (χ4n) is 3.37. The average Bonchev–Trinajstić information content (AvgIpc) is 3.30. The third-order valence-corrected chi connectivity index (χ3v) is 7.30. The highest BCUT2D eigenvalue weighted by molar-refractivity contribution is 9.10. The van der Waals surface area contributed by atoms with Gasteiger partial charge < -0.3 is 14.2 Å². The molecule has 1 aromatic carbocycles. The molecule has 0 atom stereocenters. The number of piperazine rings is 1. The van der Waals surface area contributed by atoms with Gasteiger partial charge in [0.2, 0.25) is 10.0 Å². The van der Waals surface area contributed by atoms with Gasteiger partial charge >= 0.3 is 0 Å². The largest absolute Gasteiger partial charge is 0.492 e. The molecule has 1 aliphatic rings. The van der Waals surface area contributed by atoms with Crippen molar-refractivity contribution in [3.63, 3.8) is 0 Å². The number of benzene rings is 1. The van der Waals surface area contributed by atoms with Crippen LogP contribution in [0.25, 0.3) is 5.82 Å². The highest BCUT2D eigenvalue weighted by Gasteiger charge is 2.31. The fraction of sp³-hybridized carbons (Fsp3) is 0.300. The first-order valence-electron chi connectivity index (χ1n) is 9.63. The zero-order chi connectivity index (χ0) is 21.1. The zero-order valence-corrected chi connectivity index (χ0v) is 18.9. The maximum Gasteiger partial charge on any atom is 0.246 e. The summed E-state index contributed by atoms with van der Waals surface area (Å²) in [6.45, 7) is 4.03. The first-order chi connectivity index (χ1) is 14.5. The summed E-state index contributed by atoms with van der Waals surface area (Å²) < 4.78 is 36.1. The van der Waals surface area contributed by atoms with Crippen LogP contribution in [-0.2, 0) is 10.0 Å². The van der Waals surface area contributed by atoms with E-state index in [1.165, 1.54) is 4.31 Å². The zero-order valence-electron chi connectivity index (χ0n) is 16.5. The monoisotopic (exact) mass is 491 g/mol. The van der Waals surface area contributed by atoms with Gasteiger partial charge in [0.15, 0.2) is 11.6 Å². The summed E-state index contributed by atoms with van der Waals surface area (Å²) in [6.07, 6.45) is 3.82. The van der Waals surface area contributed by atoms with Gasteiger partial charge in [-0.3, -0.25) is 0 Å². The summed E-state index contributed by atoms with van der Waals surface area (Å²) in [5.74, 6) is 1.85. The van der Waals surface area contributed by atoms with Crippen molar-refractivity contribution in [2.24, 2.45) is 0 Å². The van der Waals surface area contributed by atoms with Crippen LogP contribution in [0.3, 0.4) is 0 Å². The van der Waals surface area contributed by atoms with E-state index in [9.17, 15) is 8.42 Å². The summed E-state index contributed by atoms with van der Waals surface area (Å²) in [6, 6.07) is 12.7. The highest BCUT2D eigenvalue weighted by atomic mass is 79.9. The molecule has 0 spiro atoms. The molecule has 0 bridgehead atoms. The smallest absolute Gasteiger partial charge is 0.246 e. The highest BCUT2D eigenvalue weighted by Crippen LogP contribution is 2.31. The molecule has 158 valence electrons. The second kappa shape index (κ2) is 8.75. The van der Waals surface area contributed by atoms with E-state index >= 15 is 0 Å². The molecule has 8 nitrogen and oxygen atoms in total. The van der Waals surface area contributed by atoms with Crippen LogP contribution in [0.1, 0.15) is 6.92 Å². The second-order valence-electron chi connectivity index (χ2n) is 6.76. The first-order valence-corrected chi connectivity index (χ1v) is 11.9. The molecule has 0 amide bonds. The number of anilines is 1. The van der Waals surface area contributed by atoms with Gasteiger partial charge in [0.1, 0.15) is 10.6 Å². The molecule has 10 heteroatoms. The minimum absolute atomic E-state index is 0.183. The molecule has 1 saturated heterocycles. The maximum atomic E-state index is 13.2. The molecule has 30 heavy (non-hydrogen) atoms. The molecule has 2 aromatic heterocycles. The third kappa shape index (κ3) is 4.21. The Morgan fingerprint density at radius 1 is 1.00 bits per heavy atom. The number of ether oxygens (including phenoxy) is 1. The van der Waals surface area contributed by atoms with Gasteiger partial charge in [-0.1, -0.05) is 15.9 Å². The van der Waals surface area contributed by atoms with E-state index in [1.807, 2.05) is 53.0 Å². The molecule has 0 aliphatic carbocycles. The molecule has 1 aliphatic heterocycles. The molecule has 1 fully saturated rings. The Kier molecular flexibility index (Phi) is 6.07. The topological polar surface area (TPSA) is 80.6 Å². The Morgan fingerprint density at radius 3 is 2.30 bits per heavy atom. The summed E-state index contributed by atoms with van der Waals surface area (Å²) >= 11 is 3.36. The van der Waals surface area contributed by atoms with Gasteiger partial charge in [0.05, 0.1) is 6.61 Å². The molecule has 0 N–H and O–H groups in total. The predicted molar refractivity (Wildman–Crippen MR) is 118 cm³/mol. The van der Waals surface area contributed by atoms with E-state index in [-0.39, 0.29) is 4.90 Å². The first kappa shape index (κ1) is 20.8. The standard InChI is InChI=1S/C20H22BrN5O3S/c1-2-29-17-6-5-16(21)15-18(17)30(27,28)26-13-11-25(12-14-26)20-8-7-19(22-23-20)24-9-3-4-10-24/h3-10,15H,2,11-14H2,1H3. The van der Waals surface area contributed by atoms with Crippen molar-refractivity contribution in [3.05, 3.63) is 59.3 Å². The van der Waals surface area contributed by atoms with Gasteiger partial charge in [-0.05, 0) is 49.4 Å². The molecule has 3 heterocycles. The average molecular weight is 492 g/mol. The Hall–Kier alpha value is -2.43. The van der Waals surface area contributed by atoms with Crippen LogP contribution >= 0.6 is 15.9 Å². The van der Waals surface area contributed by atoms with Gasteiger partial charge in [-0.25, -0.2) is 8.42 Å². The van der Waals surface area contributed by atoms with Crippen LogP contribution in [-0.4, -0.2) is 60.3 Å².